The molecule has 108 heavy (non-hydrogen) atoms. The summed E-state index contributed by atoms with van der Waals surface area (Å²) in [5.74, 6) is 3.05. The molecule has 0 amide bonds. The predicted molar refractivity (Wildman–Crippen MR) is 458 cm³/mol. The van der Waals surface area contributed by atoms with Crippen LogP contribution < -0.4 is 39.6 Å². The van der Waals surface area contributed by atoms with E-state index in [-0.39, 0.29) is 5.54 Å². The van der Waals surface area contributed by atoms with Crippen molar-refractivity contribution in [3.05, 3.63) is 148 Å². The lowest BCUT2D eigenvalue weighted by molar-refractivity contribution is 0.120. The molecule has 4 unspecified atom stereocenters. The lowest BCUT2D eigenvalue weighted by Crippen LogP contribution is -2.57. The van der Waals surface area contributed by atoms with Crippen molar-refractivity contribution in [2.24, 2.45) is 0 Å². The highest BCUT2D eigenvalue weighted by atomic mass is 32.1. The number of hydrogen-bond donors (Lipinski definition) is 1. The van der Waals surface area contributed by atoms with Crippen LogP contribution in [0.5, 0.6) is 0 Å². The van der Waals surface area contributed by atoms with Crippen molar-refractivity contribution in [1.82, 2.24) is 64.6 Å². The van der Waals surface area contributed by atoms with Crippen LogP contribution in [0.25, 0.3) is 0 Å². The molecule has 2 saturated carbocycles. The van der Waals surface area contributed by atoms with Gasteiger partial charge in [0.2, 0.25) is 0 Å². The molecular weight excluding hydrogens is 1380 g/mol. The third-order valence-electron chi connectivity index (χ3n) is 23.7. The fourth-order valence-corrected chi connectivity index (χ4v) is 17.6. The molecular formula is C86H134N20S2. The third-order valence-corrected chi connectivity index (χ3v) is 25.8. The van der Waals surface area contributed by atoms with E-state index in [0.717, 1.165) is 118 Å². The molecule has 7 aromatic rings. The standard InChI is InChI=1S/C15H22N2.C14H22N2.C13H20N4.C12H18N4.C11H18N4.C11H18N2S.C10H16N2S/c1-13-5-7-15(8-6-13)17-11-9-16(10-12-17)14-3-2-4-14;1-11-5-7-14(8-6-11)16-9-12(2)15(4)13(3)10-16;1-11-8-15-13(9-14-11)17-7-6-16-5-3-2-4-12(16)10-17;1-10-8-14-12(9-13-10)16-6-4-15(5-7-16)11-2-3-11;1-9-6-13-10(7-12-9)15-5-4-14-11(2,3)8-15;1-9-8-13(7-6-12(9)3)11-5-4-10(2)14-11;1-9-3-4-10(13-9)12-7-5-11(2)6-8-12/h5-8,14H,2-4,9-12H2,1H3;5-8,12-13H,9-10H2,1-4H3;8-9,12H,2-7,10H2,1H3;8-9,11H,2-7H2,1H3;6-7,14H,4-5,8H2,1-3H3;4-5,9H,6-8H2,1-3H3;3-4H,5-8H2,1-2H3. The number of benzene rings is 2. The van der Waals surface area contributed by atoms with Crippen LogP contribution >= 0.6 is 22.7 Å². The van der Waals surface area contributed by atoms with Crippen LogP contribution in [0.15, 0.2) is 110 Å². The highest BCUT2D eigenvalue weighted by Gasteiger charge is 2.34. The summed E-state index contributed by atoms with van der Waals surface area (Å²) < 4.78 is 0. The van der Waals surface area contributed by atoms with Crippen LogP contribution in [0.2, 0.25) is 0 Å². The molecule has 10 fully saturated rings. The maximum absolute atomic E-state index is 4.48. The van der Waals surface area contributed by atoms with E-state index in [9.17, 15) is 0 Å². The van der Waals surface area contributed by atoms with Crippen molar-refractivity contribution in [1.29, 1.82) is 0 Å². The summed E-state index contributed by atoms with van der Waals surface area (Å²) in [5, 5.41) is 6.35. The molecule has 20 nitrogen and oxygen atoms in total. The quantitative estimate of drug-likeness (QED) is 0.147. The number of piperazine rings is 7. The highest BCUT2D eigenvalue weighted by Crippen LogP contribution is 2.32. The first-order valence-electron chi connectivity index (χ1n) is 41.0. The Morgan fingerprint density at radius 3 is 1.26 bits per heavy atom. The van der Waals surface area contributed by atoms with Crippen molar-refractivity contribution < 1.29 is 0 Å². The molecule has 0 spiro atoms. The van der Waals surface area contributed by atoms with Gasteiger partial charge in [-0.25, -0.2) is 15.0 Å². The highest BCUT2D eigenvalue weighted by molar-refractivity contribution is 7.16. The Hall–Kier alpha value is -6.60. The molecule has 5 aromatic heterocycles. The Bertz CT molecular complexity index is 3690. The number of thiophene rings is 2. The molecule has 2 aromatic carbocycles. The summed E-state index contributed by atoms with van der Waals surface area (Å²) in [4.78, 5) is 61.3. The van der Waals surface area contributed by atoms with E-state index in [1.807, 2.05) is 80.6 Å². The number of nitrogens with zero attached hydrogens (tertiary/aromatic N) is 19. The predicted octanol–water partition coefficient (Wildman–Crippen LogP) is 12.7. The zero-order valence-electron chi connectivity index (χ0n) is 68.8. The van der Waals surface area contributed by atoms with E-state index in [4.69, 9.17) is 0 Å². The molecule has 0 radical (unpaired) electrons. The van der Waals surface area contributed by atoms with Crippen LogP contribution in [-0.4, -0.2) is 279 Å². The first-order chi connectivity index (χ1) is 52.0. The number of anilines is 7. The molecule has 4 atom stereocenters. The van der Waals surface area contributed by atoms with Crippen LogP contribution in [-0.2, 0) is 0 Å². The van der Waals surface area contributed by atoms with E-state index >= 15 is 0 Å². The second kappa shape index (κ2) is 40.0. The third kappa shape index (κ3) is 24.7. The van der Waals surface area contributed by atoms with Crippen molar-refractivity contribution in [3.8, 4) is 0 Å². The molecule has 22 heteroatoms. The average molecular weight is 1510 g/mol. The van der Waals surface area contributed by atoms with Gasteiger partial charge in [-0.2, -0.15) is 0 Å². The Morgan fingerprint density at radius 2 is 0.796 bits per heavy atom. The summed E-state index contributed by atoms with van der Waals surface area (Å²) in [6.45, 7) is 53.5. The van der Waals surface area contributed by atoms with Crippen LogP contribution in [0.3, 0.4) is 0 Å². The number of rotatable bonds is 9. The molecule has 2 aliphatic carbocycles. The normalized spacial score (nSPS) is 23.2. The van der Waals surface area contributed by atoms with Gasteiger partial charge in [-0.3, -0.25) is 34.6 Å². The van der Waals surface area contributed by atoms with Crippen LogP contribution in [0.4, 0.5) is 38.8 Å². The van der Waals surface area contributed by atoms with E-state index in [1.54, 1.807) is 0 Å². The molecule has 8 saturated heterocycles. The van der Waals surface area contributed by atoms with Gasteiger partial charge in [0.25, 0.3) is 0 Å². The summed E-state index contributed by atoms with van der Waals surface area (Å²) in [6, 6.07) is 31.2. The molecule has 8 aliphatic heterocycles. The second-order valence-electron chi connectivity index (χ2n) is 33.0. The number of aryl methyl sites for hydroxylation is 7. The summed E-state index contributed by atoms with van der Waals surface area (Å²) >= 11 is 3.81. The molecule has 0 bridgehead atoms. The maximum Gasteiger partial charge on any atom is 0.147 e. The number of piperidine rings is 1. The Morgan fingerprint density at radius 1 is 0.361 bits per heavy atom. The second-order valence-corrected chi connectivity index (χ2v) is 35.6. The van der Waals surface area contributed by atoms with Gasteiger partial charge in [-0.1, -0.05) is 48.2 Å². The van der Waals surface area contributed by atoms with Gasteiger partial charge in [0.05, 0.1) is 64.3 Å². The van der Waals surface area contributed by atoms with E-state index in [1.165, 1.54) is 185 Å². The van der Waals surface area contributed by atoms with Crippen LogP contribution in [0, 0.1) is 48.5 Å². The SMILES string of the molecule is Cc1ccc(N2CC(C)N(C)C(C)C2)cc1.Cc1ccc(N2CCN(C)C(C)C2)s1.Cc1ccc(N2CCN(C)CC2)s1.Cc1ccc(N2CCN(C3CCC3)CC2)cc1.Cc1cnc(N2CCN(C3CC3)CC2)cn1.Cc1cnc(N2CCN3CCCCC3C2)cn1.Cc1cnc(N2CCNC(C)(C)C2)cn1. The fourth-order valence-electron chi connectivity index (χ4n) is 15.8. The molecule has 1 N–H and O–H groups in total. The fraction of sp³-hybridized carbons (Fsp3) is 0.628. The summed E-state index contributed by atoms with van der Waals surface area (Å²) in [6.07, 6.45) is 22.4. The van der Waals surface area contributed by atoms with Crippen molar-refractivity contribution >= 4 is 61.5 Å². The maximum atomic E-state index is 4.48. The molecule has 13 heterocycles. The number of nitrogens with one attached hydrogen (secondary N) is 1. The van der Waals surface area contributed by atoms with Gasteiger partial charge in [-0.05, 0) is 198 Å². The minimum atomic E-state index is 0.158. The minimum Gasteiger partial charge on any atom is -0.369 e. The zero-order chi connectivity index (χ0) is 76.3. The minimum absolute atomic E-state index is 0.158. The number of hydrogen-bond acceptors (Lipinski definition) is 22. The van der Waals surface area contributed by atoms with E-state index in [0.29, 0.717) is 18.1 Å². The van der Waals surface area contributed by atoms with E-state index in [2.05, 4.69) is 255 Å². The van der Waals surface area contributed by atoms with Crippen molar-refractivity contribution in [2.75, 3.05) is 213 Å². The lowest BCUT2D eigenvalue weighted by atomic mass is 9.91. The zero-order valence-corrected chi connectivity index (χ0v) is 70.4. The summed E-state index contributed by atoms with van der Waals surface area (Å²) in [5.41, 5.74) is 8.53. The molecule has 10 aliphatic rings. The Kier molecular flexibility index (Phi) is 30.5. The average Bonchev–Trinajstić information content (AvgIpc) is 1.20. The largest absolute Gasteiger partial charge is 0.369 e. The van der Waals surface area contributed by atoms with Gasteiger partial charge in [0, 0.05) is 213 Å². The first kappa shape index (κ1) is 82.4. The van der Waals surface area contributed by atoms with Gasteiger partial charge < -0.3 is 49.4 Å². The van der Waals surface area contributed by atoms with Gasteiger partial charge >= 0.3 is 0 Å². The van der Waals surface area contributed by atoms with Gasteiger partial charge in [-0.15, -0.1) is 22.7 Å². The van der Waals surface area contributed by atoms with Crippen molar-refractivity contribution in [3.63, 3.8) is 0 Å². The molecule has 17 rings (SSSR count). The monoisotopic (exact) mass is 1510 g/mol. The smallest absolute Gasteiger partial charge is 0.147 e. The van der Waals surface area contributed by atoms with Gasteiger partial charge in [0.1, 0.15) is 17.5 Å². The lowest BCUT2D eigenvalue weighted by Gasteiger charge is -2.44. The van der Waals surface area contributed by atoms with Gasteiger partial charge in [0.15, 0.2) is 0 Å². The number of aromatic nitrogens is 6. The molecule has 590 valence electrons. The topological polar surface area (TPSA) is 131 Å². The van der Waals surface area contributed by atoms with Crippen molar-refractivity contribution in [2.45, 2.75) is 176 Å². The Labute approximate surface area is 658 Å². The number of likely N-dealkylation sites (N-methyl/N-ethyl adjacent to an activating group) is 3. The van der Waals surface area contributed by atoms with Crippen LogP contribution in [0.1, 0.15) is 124 Å². The first-order valence-corrected chi connectivity index (χ1v) is 42.6. The van der Waals surface area contributed by atoms with E-state index < -0.39 is 0 Å². The number of fused-ring (bicyclic) bond motifs is 1. The Balaban J connectivity index is 0.000000126. The summed E-state index contributed by atoms with van der Waals surface area (Å²) in [7, 11) is 6.63.